The Balaban J connectivity index is 0.00000169. The van der Waals surface area contributed by atoms with Gasteiger partial charge in [-0.3, -0.25) is 4.68 Å². The fourth-order valence-electron chi connectivity index (χ4n) is 1.11. The standard InChI is InChI=1S/C7H10F3N3.ClH/c1-13-4-5(2-3-11)6(12-13)7(8,9)10;/h4H,2-3,11H2,1H3;1H. The van der Waals surface area contributed by atoms with Gasteiger partial charge in [0.15, 0.2) is 5.69 Å². The molecule has 1 aromatic heterocycles. The van der Waals surface area contributed by atoms with Crippen LogP contribution in [0.25, 0.3) is 0 Å². The van der Waals surface area contributed by atoms with Gasteiger partial charge < -0.3 is 5.73 Å². The van der Waals surface area contributed by atoms with Crippen molar-refractivity contribution in [3.8, 4) is 0 Å². The minimum atomic E-state index is -4.38. The molecule has 0 bridgehead atoms. The molecule has 0 unspecified atom stereocenters. The van der Waals surface area contributed by atoms with Crippen molar-refractivity contribution in [2.24, 2.45) is 12.8 Å². The van der Waals surface area contributed by atoms with Gasteiger partial charge in [0.1, 0.15) is 0 Å². The van der Waals surface area contributed by atoms with Crippen LogP contribution in [0.3, 0.4) is 0 Å². The van der Waals surface area contributed by atoms with Crippen molar-refractivity contribution in [2.45, 2.75) is 12.6 Å². The van der Waals surface area contributed by atoms with Crippen molar-refractivity contribution >= 4 is 12.4 Å². The summed E-state index contributed by atoms with van der Waals surface area (Å²) in [5, 5.41) is 3.34. The summed E-state index contributed by atoms with van der Waals surface area (Å²) in [6, 6.07) is 0. The highest BCUT2D eigenvalue weighted by atomic mass is 35.5. The number of nitrogens with zero attached hydrogens (tertiary/aromatic N) is 2. The van der Waals surface area contributed by atoms with E-state index < -0.39 is 11.9 Å². The lowest BCUT2D eigenvalue weighted by molar-refractivity contribution is -0.142. The number of nitrogens with two attached hydrogens (primary N) is 1. The molecule has 0 amide bonds. The lowest BCUT2D eigenvalue weighted by Gasteiger charge is -2.04. The Kier molecular flexibility index (Phi) is 4.41. The largest absolute Gasteiger partial charge is 0.435 e. The van der Waals surface area contributed by atoms with Crippen molar-refractivity contribution in [2.75, 3.05) is 6.54 Å². The molecule has 0 aliphatic rings. The average Bonchev–Trinajstić information content (AvgIpc) is 2.30. The predicted molar refractivity (Wildman–Crippen MR) is 48.2 cm³/mol. The Labute approximate surface area is 85.5 Å². The van der Waals surface area contributed by atoms with Gasteiger partial charge in [-0.2, -0.15) is 18.3 Å². The van der Waals surface area contributed by atoms with Gasteiger partial charge >= 0.3 is 6.18 Å². The smallest absolute Gasteiger partial charge is 0.330 e. The van der Waals surface area contributed by atoms with Crippen LogP contribution in [-0.4, -0.2) is 16.3 Å². The van der Waals surface area contributed by atoms with E-state index in [2.05, 4.69) is 5.10 Å². The monoisotopic (exact) mass is 229 g/mol. The van der Waals surface area contributed by atoms with Crippen LogP contribution in [-0.2, 0) is 19.6 Å². The molecular weight excluding hydrogens is 219 g/mol. The minimum Gasteiger partial charge on any atom is -0.330 e. The average molecular weight is 230 g/mol. The highest BCUT2D eigenvalue weighted by molar-refractivity contribution is 5.85. The van der Waals surface area contributed by atoms with E-state index in [4.69, 9.17) is 5.73 Å². The Morgan fingerprint density at radius 1 is 1.50 bits per heavy atom. The molecule has 0 aliphatic heterocycles. The van der Waals surface area contributed by atoms with Crippen LogP contribution in [0.2, 0.25) is 0 Å². The molecule has 0 aliphatic carbocycles. The highest BCUT2D eigenvalue weighted by Crippen LogP contribution is 2.30. The van der Waals surface area contributed by atoms with Crippen LogP contribution in [0.15, 0.2) is 6.20 Å². The maximum atomic E-state index is 12.3. The van der Waals surface area contributed by atoms with E-state index >= 15 is 0 Å². The molecule has 0 atom stereocenters. The molecule has 14 heavy (non-hydrogen) atoms. The summed E-state index contributed by atoms with van der Waals surface area (Å²) in [6.07, 6.45) is -2.84. The molecule has 0 fully saturated rings. The van der Waals surface area contributed by atoms with Crippen molar-refractivity contribution < 1.29 is 13.2 Å². The minimum absolute atomic E-state index is 0. The van der Waals surface area contributed by atoms with E-state index in [-0.39, 0.29) is 30.9 Å². The number of aromatic nitrogens is 2. The maximum absolute atomic E-state index is 12.3. The van der Waals surface area contributed by atoms with Crippen LogP contribution in [0.5, 0.6) is 0 Å². The molecule has 0 aromatic carbocycles. The summed E-state index contributed by atoms with van der Waals surface area (Å²) >= 11 is 0. The van der Waals surface area contributed by atoms with E-state index in [0.29, 0.717) is 0 Å². The first-order chi connectivity index (χ1) is 5.95. The third-order valence-corrected chi connectivity index (χ3v) is 1.59. The summed E-state index contributed by atoms with van der Waals surface area (Å²) in [4.78, 5) is 0. The number of hydrogen-bond acceptors (Lipinski definition) is 2. The van der Waals surface area contributed by atoms with Crippen molar-refractivity contribution in [3.63, 3.8) is 0 Å². The van der Waals surface area contributed by atoms with Gasteiger partial charge in [-0.1, -0.05) is 0 Å². The van der Waals surface area contributed by atoms with Crippen molar-refractivity contribution in [1.29, 1.82) is 0 Å². The second-order valence-electron chi connectivity index (χ2n) is 2.71. The Morgan fingerprint density at radius 3 is 2.50 bits per heavy atom. The molecule has 1 rings (SSSR count). The van der Waals surface area contributed by atoms with Crippen LogP contribution in [0.1, 0.15) is 11.3 Å². The molecule has 0 saturated carbocycles. The molecule has 1 aromatic rings. The van der Waals surface area contributed by atoms with E-state index in [1.807, 2.05) is 0 Å². The van der Waals surface area contributed by atoms with Gasteiger partial charge in [0.2, 0.25) is 0 Å². The summed E-state index contributed by atoms with van der Waals surface area (Å²) in [5.74, 6) is 0. The van der Waals surface area contributed by atoms with Crippen LogP contribution >= 0.6 is 12.4 Å². The maximum Gasteiger partial charge on any atom is 0.435 e. The summed E-state index contributed by atoms with van der Waals surface area (Å²) < 4.78 is 38.0. The third-order valence-electron chi connectivity index (χ3n) is 1.59. The lowest BCUT2D eigenvalue weighted by Crippen LogP contribution is -2.12. The second-order valence-corrected chi connectivity index (χ2v) is 2.71. The molecule has 1 heterocycles. The Hall–Kier alpha value is -0.750. The number of aryl methyl sites for hydroxylation is 1. The fraction of sp³-hybridized carbons (Fsp3) is 0.571. The normalized spacial score (nSPS) is 11.2. The first kappa shape index (κ1) is 13.2. The van der Waals surface area contributed by atoms with Crippen LogP contribution < -0.4 is 5.73 Å². The zero-order chi connectivity index (χ0) is 10.1. The molecule has 2 N–H and O–H groups in total. The van der Waals surface area contributed by atoms with Gasteiger partial charge in [0, 0.05) is 18.8 Å². The van der Waals surface area contributed by atoms with Crippen LogP contribution in [0, 0.1) is 0 Å². The number of hydrogen-bond donors (Lipinski definition) is 1. The Morgan fingerprint density at radius 2 is 2.07 bits per heavy atom. The van der Waals surface area contributed by atoms with Gasteiger partial charge in [0.05, 0.1) is 0 Å². The van der Waals surface area contributed by atoms with E-state index in [1.165, 1.54) is 13.2 Å². The highest BCUT2D eigenvalue weighted by Gasteiger charge is 2.36. The number of rotatable bonds is 2. The fourth-order valence-corrected chi connectivity index (χ4v) is 1.11. The zero-order valence-electron chi connectivity index (χ0n) is 7.51. The molecule has 0 saturated heterocycles. The van der Waals surface area contributed by atoms with Crippen molar-refractivity contribution in [3.05, 3.63) is 17.5 Å². The topological polar surface area (TPSA) is 43.8 Å². The van der Waals surface area contributed by atoms with Gasteiger partial charge in [-0.15, -0.1) is 12.4 Å². The van der Waals surface area contributed by atoms with E-state index in [0.717, 1.165) is 4.68 Å². The molecule has 0 radical (unpaired) electrons. The first-order valence-corrected chi connectivity index (χ1v) is 3.75. The summed E-state index contributed by atoms with van der Waals surface area (Å²) in [6.45, 7) is 0.189. The summed E-state index contributed by atoms with van der Waals surface area (Å²) in [5.41, 5.74) is 4.50. The molecule has 7 heteroatoms. The third kappa shape index (κ3) is 2.88. The first-order valence-electron chi connectivity index (χ1n) is 3.75. The quantitative estimate of drug-likeness (QED) is 0.832. The summed E-state index contributed by atoms with van der Waals surface area (Å²) in [7, 11) is 1.45. The Bertz CT molecular complexity index is 295. The second kappa shape index (κ2) is 4.65. The SMILES string of the molecule is Cl.Cn1cc(CCN)c(C(F)(F)F)n1. The zero-order valence-corrected chi connectivity index (χ0v) is 8.32. The molecule has 0 spiro atoms. The van der Waals surface area contributed by atoms with Gasteiger partial charge in [-0.25, -0.2) is 0 Å². The van der Waals surface area contributed by atoms with Crippen LogP contribution in [0.4, 0.5) is 13.2 Å². The predicted octanol–water partition coefficient (Wildman–Crippen LogP) is 1.36. The van der Waals surface area contributed by atoms with E-state index in [9.17, 15) is 13.2 Å². The molecule has 3 nitrogen and oxygen atoms in total. The molecular formula is C7H11ClF3N3. The number of halogens is 4. The lowest BCUT2D eigenvalue weighted by atomic mass is 10.2. The van der Waals surface area contributed by atoms with Crippen molar-refractivity contribution in [1.82, 2.24) is 9.78 Å². The van der Waals surface area contributed by atoms with Gasteiger partial charge in [0.25, 0.3) is 0 Å². The number of alkyl halides is 3. The van der Waals surface area contributed by atoms with Gasteiger partial charge in [-0.05, 0) is 13.0 Å². The molecule has 82 valence electrons. The van der Waals surface area contributed by atoms with E-state index in [1.54, 1.807) is 0 Å².